The van der Waals surface area contributed by atoms with Crippen LogP contribution in [0.4, 0.5) is 33.3 Å². The van der Waals surface area contributed by atoms with Crippen LogP contribution in [0.3, 0.4) is 0 Å². The van der Waals surface area contributed by atoms with Gasteiger partial charge >= 0.3 is 0 Å². The lowest BCUT2D eigenvalue weighted by Gasteiger charge is -2.50. The van der Waals surface area contributed by atoms with Crippen molar-refractivity contribution in [2.45, 2.75) is 28.5 Å². The van der Waals surface area contributed by atoms with Crippen molar-refractivity contribution < 1.29 is 46.2 Å². The number of allylic oxidation sites excluding steroid dienone is 2. The average molecular weight is 803 g/mol. The van der Waals surface area contributed by atoms with Gasteiger partial charge in [-0.15, -0.1) is 23.2 Å². The third-order valence-electron chi connectivity index (χ3n) is 9.51. The number of alkyl halides is 2. The monoisotopic (exact) mass is 802 g/mol. The van der Waals surface area contributed by atoms with E-state index < -0.39 is 98.2 Å². The smallest absolute Gasteiger partial charge is 0.258 e. The molecule has 3 aromatic carbocycles. The van der Waals surface area contributed by atoms with Crippen LogP contribution < -0.4 is 9.80 Å². The first-order chi connectivity index (χ1) is 22.1. The molecule has 7 nitrogen and oxygen atoms in total. The largest absolute Gasteiger partial charge is 0.508 e. The van der Waals surface area contributed by atoms with Crippen LogP contribution >= 0.6 is 45.8 Å². The molecule has 7 rings (SSSR count). The predicted molar refractivity (Wildman–Crippen MR) is 166 cm³/mol. The van der Waals surface area contributed by atoms with Crippen LogP contribution in [-0.4, -0.2) is 38.5 Å². The molecule has 1 saturated carbocycles. The first-order valence-corrected chi connectivity index (χ1v) is 15.9. The van der Waals surface area contributed by atoms with Crippen LogP contribution in [0.25, 0.3) is 0 Å². The highest BCUT2D eigenvalue weighted by molar-refractivity contribution is 14.1. The highest BCUT2D eigenvalue weighted by Gasteiger charge is 2.77. The Balaban J connectivity index is 1.42. The van der Waals surface area contributed by atoms with Crippen LogP contribution in [0.2, 0.25) is 0 Å². The summed E-state index contributed by atoms with van der Waals surface area (Å²) in [4.78, 5) is 51.6. The molecule has 2 heterocycles. The summed E-state index contributed by atoms with van der Waals surface area (Å²) in [7, 11) is 0. The maximum absolute atomic E-state index is 15.1. The molecule has 15 heteroatoms. The second kappa shape index (κ2) is 10.7. The SMILES string of the molecule is O=C1[C@H]2[C@H](CC=C3[C@H]2C[C@@]2(Cl)C(=O)N(c4c(F)c(F)c(F)c(F)c4F)C(=O)[C@@]2(Cl)[C@H]3c2cccc(O)c2)C(=O)N1c1ccc(I)cc1. The van der Waals surface area contributed by atoms with Gasteiger partial charge in [0.25, 0.3) is 11.8 Å². The van der Waals surface area contributed by atoms with Gasteiger partial charge in [-0.25, -0.2) is 26.9 Å². The maximum Gasteiger partial charge on any atom is 0.258 e. The number of amides is 4. The molecule has 47 heavy (non-hydrogen) atoms. The molecule has 0 spiro atoms. The highest BCUT2D eigenvalue weighted by Crippen LogP contribution is 2.66. The number of hydrogen-bond acceptors (Lipinski definition) is 5. The molecule has 3 fully saturated rings. The molecule has 2 aliphatic carbocycles. The van der Waals surface area contributed by atoms with Gasteiger partial charge < -0.3 is 5.11 Å². The minimum absolute atomic E-state index is 0.00298. The number of hydrogen-bond donors (Lipinski definition) is 1. The van der Waals surface area contributed by atoms with Crippen molar-refractivity contribution in [3.05, 3.63) is 98.4 Å². The number of fused-ring (bicyclic) bond motifs is 4. The average Bonchev–Trinajstić information content (AvgIpc) is 3.38. The molecule has 0 radical (unpaired) electrons. The summed E-state index contributed by atoms with van der Waals surface area (Å²) in [6, 6.07) is 11.9. The molecule has 0 unspecified atom stereocenters. The Kier molecular flexibility index (Phi) is 7.30. The number of phenolic OH excluding ortho intramolecular Hbond substituents is 1. The molecule has 3 aromatic rings. The number of halogens is 8. The minimum atomic E-state index is -2.66. The zero-order chi connectivity index (χ0) is 33.9. The minimum Gasteiger partial charge on any atom is -0.508 e. The predicted octanol–water partition coefficient (Wildman–Crippen LogP) is 6.46. The summed E-state index contributed by atoms with van der Waals surface area (Å²) >= 11 is 16.2. The lowest BCUT2D eigenvalue weighted by molar-refractivity contribution is -0.125. The molecular weight excluding hydrogens is 785 g/mol. The Labute approximate surface area is 286 Å². The van der Waals surface area contributed by atoms with Gasteiger partial charge in [0.1, 0.15) is 11.4 Å². The van der Waals surface area contributed by atoms with Crippen molar-refractivity contribution in [3.8, 4) is 5.75 Å². The van der Waals surface area contributed by atoms with Gasteiger partial charge in [0.2, 0.25) is 17.6 Å². The summed E-state index contributed by atoms with van der Waals surface area (Å²) in [5.41, 5.74) is -1.17. The van der Waals surface area contributed by atoms with E-state index in [2.05, 4.69) is 22.6 Å². The highest BCUT2D eigenvalue weighted by atomic mass is 127. The fourth-order valence-corrected chi connectivity index (χ4v) is 8.78. The summed E-state index contributed by atoms with van der Waals surface area (Å²) in [5.74, 6) is -21.4. The summed E-state index contributed by atoms with van der Waals surface area (Å²) in [6.07, 6.45) is 0.974. The van der Waals surface area contributed by atoms with E-state index in [9.17, 15) is 37.5 Å². The zero-order valence-electron chi connectivity index (χ0n) is 23.4. The van der Waals surface area contributed by atoms with E-state index in [4.69, 9.17) is 23.2 Å². The Morgan fingerprint density at radius 2 is 1.40 bits per heavy atom. The number of carbonyl (C=O) groups is 4. The lowest BCUT2D eigenvalue weighted by atomic mass is 9.56. The van der Waals surface area contributed by atoms with E-state index in [-0.39, 0.29) is 28.2 Å². The third-order valence-corrected chi connectivity index (χ3v) is 11.6. The fraction of sp³-hybridized carbons (Fsp3) is 0.250. The second-order valence-electron chi connectivity index (χ2n) is 11.8. The normalized spacial score (nSPS) is 30.0. The van der Waals surface area contributed by atoms with Gasteiger partial charge in [0, 0.05) is 9.49 Å². The van der Waals surface area contributed by atoms with Crippen molar-refractivity contribution in [1.82, 2.24) is 0 Å². The molecule has 4 amide bonds. The number of imide groups is 2. The first kappa shape index (κ1) is 32.0. The summed E-state index contributed by atoms with van der Waals surface area (Å²) < 4.78 is 73.7. The van der Waals surface area contributed by atoms with Gasteiger partial charge in [-0.05, 0) is 83.3 Å². The van der Waals surface area contributed by atoms with Gasteiger partial charge in [-0.2, -0.15) is 0 Å². The van der Waals surface area contributed by atoms with Crippen molar-refractivity contribution in [2.24, 2.45) is 17.8 Å². The number of nitrogens with zero attached hydrogens (tertiary/aromatic N) is 2. The molecule has 2 saturated heterocycles. The van der Waals surface area contributed by atoms with Crippen LogP contribution in [0.1, 0.15) is 24.3 Å². The van der Waals surface area contributed by atoms with E-state index >= 15 is 8.78 Å². The third kappa shape index (κ3) is 4.14. The standard InChI is InChI=1S/C32H18Cl2F5IN2O5/c33-31-11-18-16(8-9-17-19(18)28(45)41(27(17)44)14-6-4-13(40)5-7-14)20(12-2-1-3-15(43)10-12)32(31,34)30(47)42(29(31)46)26-24(38)22(36)21(35)23(37)25(26)39/h1-8,10,17-20,43H,9,11H2/t17-,18+,19-,20-,31+,32-/m0/s1. The van der Waals surface area contributed by atoms with E-state index in [0.29, 0.717) is 5.69 Å². The number of aromatic hydroxyl groups is 1. The van der Waals surface area contributed by atoms with Gasteiger partial charge in [-0.1, -0.05) is 23.8 Å². The van der Waals surface area contributed by atoms with Crippen molar-refractivity contribution >= 4 is 80.8 Å². The number of carbonyl (C=O) groups excluding carboxylic acids is 4. The van der Waals surface area contributed by atoms with Crippen LogP contribution in [0.15, 0.2) is 60.2 Å². The number of anilines is 2. The van der Waals surface area contributed by atoms with E-state index in [1.807, 2.05) is 0 Å². The topological polar surface area (TPSA) is 95.0 Å². The second-order valence-corrected chi connectivity index (χ2v) is 14.3. The van der Waals surface area contributed by atoms with Gasteiger partial charge in [0.15, 0.2) is 33.0 Å². The van der Waals surface area contributed by atoms with Crippen LogP contribution in [-0.2, 0) is 19.2 Å². The fourth-order valence-electron chi connectivity index (χ4n) is 7.49. The van der Waals surface area contributed by atoms with Crippen molar-refractivity contribution in [1.29, 1.82) is 0 Å². The Bertz CT molecular complexity index is 1970. The number of benzene rings is 3. The van der Waals surface area contributed by atoms with Crippen LogP contribution in [0, 0.1) is 50.4 Å². The molecule has 0 aromatic heterocycles. The lowest BCUT2D eigenvalue weighted by Crippen LogP contribution is -2.60. The van der Waals surface area contributed by atoms with Gasteiger partial charge in [0.05, 0.1) is 17.5 Å². The summed E-state index contributed by atoms with van der Waals surface area (Å²) in [5, 5.41) is 10.4. The van der Waals surface area contributed by atoms with E-state index in [1.165, 1.54) is 24.3 Å². The van der Waals surface area contributed by atoms with E-state index in [0.717, 1.165) is 8.47 Å². The Morgan fingerprint density at radius 3 is 2.02 bits per heavy atom. The quantitative estimate of drug-likeness (QED) is 0.0625. The van der Waals surface area contributed by atoms with Crippen molar-refractivity contribution in [3.63, 3.8) is 0 Å². The maximum atomic E-state index is 15.1. The molecule has 6 atom stereocenters. The van der Waals surface area contributed by atoms with Crippen LogP contribution in [0.5, 0.6) is 5.75 Å². The molecule has 2 aliphatic heterocycles. The molecular formula is C32H18Cl2F5IN2O5. The van der Waals surface area contributed by atoms with Crippen molar-refractivity contribution in [2.75, 3.05) is 9.80 Å². The Morgan fingerprint density at radius 1 is 0.787 bits per heavy atom. The zero-order valence-corrected chi connectivity index (χ0v) is 27.1. The van der Waals surface area contributed by atoms with E-state index in [1.54, 1.807) is 30.3 Å². The summed E-state index contributed by atoms with van der Waals surface area (Å²) in [6.45, 7) is 0. The molecule has 4 aliphatic rings. The first-order valence-electron chi connectivity index (χ1n) is 14.1. The number of rotatable bonds is 3. The van der Waals surface area contributed by atoms with Gasteiger partial charge in [-0.3, -0.25) is 24.1 Å². The molecule has 0 bridgehead atoms. The number of phenols is 1. The molecule has 1 N–H and O–H groups in total. The Hall–Kier alpha value is -3.56. The molecule has 242 valence electrons.